The molecule has 23 heavy (non-hydrogen) atoms. The van der Waals surface area contributed by atoms with Gasteiger partial charge in [-0.2, -0.15) is 0 Å². The monoisotopic (exact) mass is 311 g/mol. The summed E-state index contributed by atoms with van der Waals surface area (Å²) in [6.07, 6.45) is 1.74. The number of hydrogen-bond acceptors (Lipinski definition) is 4. The van der Waals surface area contributed by atoms with Gasteiger partial charge < -0.3 is 14.0 Å². The van der Waals surface area contributed by atoms with Gasteiger partial charge in [0.25, 0.3) is 0 Å². The molecule has 120 valence electrons. The maximum absolute atomic E-state index is 6.02. The van der Waals surface area contributed by atoms with Gasteiger partial charge in [0.15, 0.2) is 0 Å². The lowest BCUT2D eigenvalue weighted by molar-refractivity contribution is 0.00578. The first-order valence-corrected chi connectivity index (χ1v) is 7.83. The van der Waals surface area contributed by atoms with E-state index in [-0.39, 0.29) is 11.2 Å². The average Bonchev–Trinajstić information content (AvgIpc) is 2.68. The molecule has 0 unspecified atom stereocenters. The van der Waals surface area contributed by atoms with E-state index >= 15 is 0 Å². The highest BCUT2D eigenvalue weighted by molar-refractivity contribution is 6.62. The van der Waals surface area contributed by atoms with E-state index in [9.17, 15) is 0 Å². The van der Waals surface area contributed by atoms with E-state index in [2.05, 4.69) is 4.98 Å². The van der Waals surface area contributed by atoms with Gasteiger partial charge in [0.1, 0.15) is 5.75 Å². The predicted octanol–water partition coefficient (Wildman–Crippen LogP) is 3.48. The van der Waals surface area contributed by atoms with E-state index in [4.69, 9.17) is 14.0 Å². The third-order valence-electron chi connectivity index (χ3n) is 4.50. The fourth-order valence-electron chi connectivity index (χ4n) is 2.37. The Morgan fingerprint density at radius 3 is 2.26 bits per heavy atom. The summed E-state index contributed by atoms with van der Waals surface area (Å²) in [5.41, 5.74) is 1.33. The molecule has 0 N–H and O–H groups in total. The molecule has 1 aromatic carbocycles. The van der Waals surface area contributed by atoms with Gasteiger partial charge in [0.05, 0.1) is 11.2 Å². The molecule has 0 atom stereocenters. The molecule has 1 aromatic heterocycles. The maximum Gasteiger partial charge on any atom is 0.496 e. The molecule has 1 aliphatic heterocycles. The Kier molecular flexibility index (Phi) is 3.94. The molecular formula is C18H22BNO3. The Morgan fingerprint density at radius 1 is 1.00 bits per heavy atom. The minimum atomic E-state index is -0.402. The summed E-state index contributed by atoms with van der Waals surface area (Å²) in [4.78, 5) is 4.36. The second kappa shape index (κ2) is 5.66. The smallest absolute Gasteiger partial charge is 0.439 e. The fourth-order valence-corrected chi connectivity index (χ4v) is 2.37. The van der Waals surface area contributed by atoms with Crippen LogP contribution >= 0.6 is 0 Å². The van der Waals surface area contributed by atoms with E-state index in [1.165, 1.54) is 0 Å². The van der Waals surface area contributed by atoms with Gasteiger partial charge in [-0.1, -0.05) is 18.2 Å². The third kappa shape index (κ3) is 3.26. The first-order chi connectivity index (χ1) is 10.8. The van der Waals surface area contributed by atoms with Crippen molar-refractivity contribution in [3.8, 4) is 11.6 Å². The van der Waals surface area contributed by atoms with Crippen molar-refractivity contribution < 1.29 is 14.0 Å². The van der Waals surface area contributed by atoms with Crippen molar-refractivity contribution >= 4 is 12.6 Å². The van der Waals surface area contributed by atoms with Gasteiger partial charge in [0.2, 0.25) is 5.88 Å². The number of pyridine rings is 1. The van der Waals surface area contributed by atoms with Gasteiger partial charge in [-0.25, -0.2) is 4.98 Å². The number of benzene rings is 1. The van der Waals surface area contributed by atoms with Crippen LogP contribution in [-0.4, -0.2) is 23.3 Å². The molecule has 0 spiro atoms. The fraction of sp³-hybridized carbons (Fsp3) is 0.389. The Morgan fingerprint density at radius 2 is 1.70 bits per heavy atom. The lowest BCUT2D eigenvalue weighted by atomic mass is 9.80. The summed E-state index contributed by atoms with van der Waals surface area (Å²) in [5.74, 6) is 1.33. The molecule has 0 amide bonds. The molecule has 2 heterocycles. The maximum atomic E-state index is 6.02. The zero-order valence-electron chi connectivity index (χ0n) is 14.3. The summed E-state index contributed by atoms with van der Waals surface area (Å²) in [7, 11) is -0.402. The summed E-state index contributed by atoms with van der Waals surface area (Å²) >= 11 is 0. The molecule has 4 nitrogen and oxygen atoms in total. The highest BCUT2D eigenvalue weighted by atomic mass is 16.7. The second-order valence-corrected chi connectivity index (χ2v) is 6.94. The van der Waals surface area contributed by atoms with E-state index in [0.717, 1.165) is 16.8 Å². The summed E-state index contributed by atoms with van der Waals surface area (Å²) < 4.78 is 17.8. The number of rotatable bonds is 3. The first kappa shape index (κ1) is 16.0. The molecular weight excluding hydrogens is 289 g/mol. The second-order valence-electron chi connectivity index (χ2n) is 6.94. The standard InChI is InChI=1S/C18H22BNO3/c1-13-7-6-8-15(11-13)21-16-10-9-14(12-20-16)19-22-17(2,3)18(4,5)23-19/h6-12H,1-5H3. The predicted molar refractivity (Wildman–Crippen MR) is 91.2 cm³/mol. The Labute approximate surface area is 137 Å². The van der Waals surface area contributed by atoms with Crippen LogP contribution in [0.2, 0.25) is 0 Å². The van der Waals surface area contributed by atoms with Gasteiger partial charge in [-0.15, -0.1) is 0 Å². The Bertz CT molecular complexity index is 682. The summed E-state index contributed by atoms with van der Waals surface area (Å²) in [6.45, 7) is 10.2. The van der Waals surface area contributed by atoms with Gasteiger partial charge >= 0.3 is 7.12 Å². The number of ether oxygens (including phenoxy) is 1. The molecule has 3 rings (SSSR count). The number of aromatic nitrogens is 1. The summed E-state index contributed by atoms with van der Waals surface area (Å²) in [6, 6.07) is 11.6. The number of hydrogen-bond donors (Lipinski definition) is 0. The zero-order valence-corrected chi connectivity index (χ0v) is 14.3. The van der Waals surface area contributed by atoms with E-state index < -0.39 is 7.12 Å². The Hall–Kier alpha value is -1.85. The highest BCUT2D eigenvalue weighted by Crippen LogP contribution is 2.36. The van der Waals surface area contributed by atoms with Crippen molar-refractivity contribution in [2.24, 2.45) is 0 Å². The van der Waals surface area contributed by atoms with Gasteiger partial charge in [-0.3, -0.25) is 0 Å². The van der Waals surface area contributed by atoms with Crippen molar-refractivity contribution in [2.75, 3.05) is 0 Å². The van der Waals surface area contributed by atoms with Crippen LogP contribution in [0, 0.1) is 6.92 Å². The van der Waals surface area contributed by atoms with Crippen LogP contribution in [0.4, 0.5) is 0 Å². The normalized spacial score (nSPS) is 18.9. The van der Waals surface area contributed by atoms with Crippen LogP contribution in [0.3, 0.4) is 0 Å². The highest BCUT2D eigenvalue weighted by Gasteiger charge is 2.51. The lowest BCUT2D eigenvalue weighted by Gasteiger charge is -2.32. The zero-order chi connectivity index (χ0) is 16.7. The van der Waals surface area contributed by atoms with Gasteiger partial charge in [-0.05, 0) is 52.3 Å². The molecule has 1 aliphatic rings. The molecule has 0 aliphatic carbocycles. The van der Waals surface area contributed by atoms with Crippen LogP contribution in [-0.2, 0) is 9.31 Å². The van der Waals surface area contributed by atoms with Crippen LogP contribution in [0.15, 0.2) is 42.6 Å². The molecule has 1 saturated heterocycles. The minimum Gasteiger partial charge on any atom is -0.439 e. The van der Waals surface area contributed by atoms with Crippen LogP contribution in [0.5, 0.6) is 11.6 Å². The largest absolute Gasteiger partial charge is 0.496 e. The van der Waals surface area contributed by atoms with E-state index in [1.807, 2.05) is 71.0 Å². The third-order valence-corrected chi connectivity index (χ3v) is 4.50. The molecule has 5 heteroatoms. The van der Waals surface area contributed by atoms with Crippen LogP contribution < -0.4 is 10.2 Å². The van der Waals surface area contributed by atoms with Crippen LogP contribution in [0.25, 0.3) is 0 Å². The van der Waals surface area contributed by atoms with Crippen molar-refractivity contribution in [2.45, 2.75) is 45.8 Å². The van der Waals surface area contributed by atoms with Gasteiger partial charge in [0, 0.05) is 17.7 Å². The van der Waals surface area contributed by atoms with Crippen molar-refractivity contribution in [3.63, 3.8) is 0 Å². The Balaban J connectivity index is 1.73. The molecule has 0 radical (unpaired) electrons. The van der Waals surface area contributed by atoms with Crippen molar-refractivity contribution in [1.29, 1.82) is 0 Å². The topological polar surface area (TPSA) is 40.6 Å². The van der Waals surface area contributed by atoms with Crippen LogP contribution in [0.1, 0.15) is 33.3 Å². The SMILES string of the molecule is Cc1cccc(Oc2ccc(B3OC(C)(C)C(C)(C)O3)cn2)c1. The lowest BCUT2D eigenvalue weighted by Crippen LogP contribution is -2.41. The van der Waals surface area contributed by atoms with E-state index in [0.29, 0.717) is 5.88 Å². The molecule has 1 fully saturated rings. The van der Waals surface area contributed by atoms with E-state index in [1.54, 1.807) is 6.20 Å². The van der Waals surface area contributed by atoms with Crippen molar-refractivity contribution in [1.82, 2.24) is 4.98 Å². The first-order valence-electron chi connectivity index (χ1n) is 7.83. The van der Waals surface area contributed by atoms with Crippen molar-refractivity contribution in [3.05, 3.63) is 48.2 Å². The number of aryl methyl sites for hydroxylation is 1. The minimum absolute atomic E-state index is 0.353. The molecule has 0 bridgehead atoms. The average molecular weight is 311 g/mol. The molecule has 0 saturated carbocycles. The molecule has 2 aromatic rings. The summed E-state index contributed by atoms with van der Waals surface area (Å²) in [5, 5.41) is 0. The quantitative estimate of drug-likeness (QED) is 0.814. The number of nitrogens with zero attached hydrogens (tertiary/aromatic N) is 1.